The van der Waals surface area contributed by atoms with E-state index in [0.717, 1.165) is 30.3 Å². The van der Waals surface area contributed by atoms with Crippen LogP contribution in [0.25, 0.3) is 0 Å². The smallest absolute Gasteiger partial charge is 0.744 e. The van der Waals surface area contributed by atoms with E-state index in [-0.39, 0.29) is 81.5 Å². The van der Waals surface area contributed by atoms with E-state index in [4.69, 9.17) is 0 Å². The molecule has 13 nitrogen and oxygen atoms in total. The van der Waals surface area contributed by atoms with Crippen molar-refractivity contribution in [3.63, 3.8) is 0 Å². The van der Waals surface area contributed by atoms with E-state index in [9.17, 15) is 35.5 Å². The third-order valence-corrected chi connectivity index (χ3v) is 6.85. The van der Waals surface area contributed by atoms with Gasteiger partial charge in [-0.2, -0.15) is 10.2 Å². The number of hydrogen-bond acceptors (Lipinski definition) is 13. The summed E-state index contributed by atoms with van der Waals surface area (Å²) in [5, 5.41) is 9.73. The van der Waals surface area contributed by atoms with Crippen LogP contribution in [0.4, 0.5) is 22.7 Å². The molecular formula is C24H17N5Na2O8S2. The molecule has 0 spiro atoms. The average Bonchev–Trinajstić information content (AvgIpc) is 2.88. The Morgan fingerprint density at radius 1 is 0.634 bits per heavy atom. The molecule has 0 aliphatic carbocycles. The van der Waals surface area contributed by atoms with Crippen LogP contribution in [0, 0.1) is 0 Å². The van der Waals surface area contributed by atoms with E-state index in [1.54, 1.807) is 30.3 Å². The van der Waals surface area contributed by atoms with Crippen LogP contribution in [-0.4, -0.2) is 25.9 Å². The van der Waals surface area contributed by atoms with Crippen LogP contribution >= 0.6 is 0 Å². The predicted octanol–water partition coefficient (Wildman–Crippen LogP) is -5.30. The first-order valence-electron chi connectivity index (χ1n) is 10.8. The SMILES string of the molecule is O=c1cc/c(=N/Nc2ccc(Nc3ccccc3)c(S(=O)(=O)[O-])c2)c(=O)/c1=N/Nc1ccc(S(=O)(=O)[O-])cc1.[Na+].[Na+]. The number of benzene rings is 4. The van der Waals surface area contributed by atoms with Crippen molar-refractivity contribution >= 4 is 43.0 Å². The number of hydrogen-bond donors (Lipinski definition) is 3. The Bertz CT molecular complexity index is 1980. The average molecular weight is 614 g/mol. The molecule has 3 N–H and O–H groups in total. The zero-order valence-electron chi connectivity index (χ0n) is 21.6. The van der Waals surface area contributed by atoms with Crippen LogP contribution in [0.3, 0.4) is 0 Å². The van der Waals surface area contributed by atoms with Gasteiger partial charge in [0, 0.05) is 5.69 Å². The van der Waals surface area contributed by atoms with Gasteiger partial charge in [0.1, 0.15) is 25.6 Å². The van der Waals surface area contributed by atoms with Crippen LogP contribution in [0.15, 0.2) is 115 Å². The molecule has 4 rings (SSSR count). The normalized spacial score (nSPS) is 12.1. The number of anilines is 4. The number of nitrogens with zero attached hydrogens (tertiary/aromatic N) is 2. The van der Waals surface area contributed by atoms with Crippen LogP contribution in [0.1, 0.15) is 0 Å². The van der Waals surface area contributed by atoms with E-state index in [1.807, 2.05) is 0 Å². The maximum atomic E-state index is 12.8. The van der Waals surface area contributed by atoms with E-state index < -0.39 is 46.2 Å². The summed E-state index contributed by atoms with van der Waals surface area (Å²) in [6.45, 7) is 0. The minimum absolute atomic E-state index is 0. The van der Waals surface area contributed by atoms with Gasteiger partial charge in [-0.1, -0.05) is 18.2 Å². The molecule has 4 aromatic rings. The Balaban J connectivity index is 0.00000294. The summed E-state index contributed by atoms with van der Waals surface area (Å²) in [7, 11) is -9.54. The molecule has 0 aliphatic rings. The van der Waals surface area contributed by atoms with Gasteiger partial charge in [0.15, 0.2) is 5.36 Å². The first-order chi connectivity index (χ1) is 18.4. The van der Waals surface area contributed by atoms with Gasteiger partial charge in [-0.25, -0.2) is 16.8 Å². The molecule has 0 saturated carbocycles. The topological polar surface area (TPSA) is 209 Å². The molecule has 200 valence electrons. The molecule has 0 fully saturated rings. The third kappa shape index (κ3) is 9.14. The molecule has 17 heteroatoms. The molecule has 0 aliphatic heterocycles. The Morgan fingerprint density at radius 2 is 1.24 bits per heavy atom. The van der Waals surface area contributed by atoms with Crippen molar-refractivity contribution in [2.45, 2.75) is 9.79 Å². The summed E-state index contributed by atoms with van der Waals surface area (Å²) < 4.78 is 68.7. The molecule has 0 aromatic heterocycles. The molecule has 0 bridgehead atoms. The fraction of sp³-hybridized carbons (Fsp3) is 0. The molecule has 0 atom stereocenters. The van der Waals surface area contributed by atoms with Gasteiger partial charge in [0.2, 0.25) is 10.9 Å². The van der Waals surface area contributed by atoms with Crippen molar-refractivity contribution in [3.8, 4) is 0 Å². The fourth-order valence-corrected chi connectivity index (χ4v) is 4.39. The minimum Gasteiger partial charge on any atom is -0.744 e. The monoisotopic (exact) mass is 613 g/mol. The fourth-order valence-electron chi connectivity index (χ4n) is 3.26. The maximum absolute atomic E-state index is 12.8. The van der Waals surface area contributed by atoms with Gasteiger partial charge in [-0.3, -0.25) is 20.4 Å². The third-order valence-electron chi connectivity index (χ3n) is 5.12. The zero-order valence-corrected chi connectivity index (χ0v) is 27.2. The number of para-hydroxylation sites is 1. The van der Waals surface area contributed by atoms with Gasteiger partial charge in [0.05, 0.1) is 26.9 Å². The summed E-state index contributed by atoms with van der Waals surface area (Å²) in [4.78, 5) is 23.9. The van der Waals surface area contributed by atoms with E-state index in [0.29, 0.717) is 5.69 Å². The minimum atomic E-state index is -4.90. The Hall–Kier alpha value is -2.70. The van der Waals surface area contributed by atoms with Gasteiger partial charge in [-0.15, -0.1) is 0 Å². The van der Waals surface area contributed by atoms with Crippen molar-refractivity contribution in [3.05, 3.63) is 116 Å². The van der Waals surface area contributed by atoms with Crippen LogP contribution in [0.2, 0.25) is 0 Å². The van der Waals surface area contributed by atoms with Crippen molar-refractivity contribution in [1.29, 1.82) is 0 Å². The van der Waals surface area contributed by atoms with Crippen LogP contribution < -0.4 is 96.9 Å². The first kappa shape index (κ1) is 34.5. The van der Waals surface area contributed by atoms with Crippen molar-refractivity contribution < 1.29 is 85.1 Å². The summed E-state index contributed by atoms with van der Waals surface area (Å²) in [6, 6.07) is 19.1. The number of nitrogens with one attached hydrogen (secondary N) is 3. The molecule has 0 unspecified atom stereocenters. The Kier molecular flexibility index (Phi) is 12.2. The summed E-state index contributed by atoms with van der Waals surface area (Å²) in [5.41, 5.74) is 4.16. The number of rotatable bonds is 8. The van der Waals surface area contributed by atoms with E-state index in [1.165, 1.54) is 24.3 Å². The Labute approximate surface area is 277 Å². The summed E-state index contributed by atoms with van der Waals surface area (Å²) >= 11 is 0. The second kappa shape index (κ2) is 14.5. The maximum Gasteiger partial charge on any atom is 1.00 e. The predicted molar refractivity (Wildman–Crippen MR) is 138 cm³/mol. The van der Waals surface area contributed by atoms with Gasteiger partial charge >= 0.3 is 59.1 Å². The van der Waals surface area contributed by atoms with Crippen molar-refractivity contribution in [1.82, 2.24) is 0 Å². The molecule has 0 saturated heterocycles. The molecule has 4 aromatic carbocycles. The largest absolute Gasteiger partial charge is 1.00 e. The van der Waals surface area contributed by atoms with Gasteiger partial charge in [0.25, 0.3) is 0 Å². The second-order valence-electron chi connectivity index (χ2n) is 7.84. The zero-order chi connectivity index (χ0) is 28.2. The first-order valence-corrected chi connectivity index (χ1v) is 13.7. The second-order valence-corrected chi connectivity index (χ2v) is 10.6. The van der Waals surface area contributed by atoms with E-state index >= 15 is 0 Å². The van der Waals surface area contributed by atoms with E-state index in [2.05, 4.69) is 26.4 Å². The van der Waals surface area contributed by atoms with Gasteiger partial charge < -0.3 is 14.4 Å². The van der Waals surface area contributed by atoms with Crippen LogP contribution in [0.5, 0.6) is 0 Å². The molecule has 0 heterocycles. The molecular weight excluding hydrogens is 596 g/mol. The molecule has 0 amide bonds. The Morgan fingerprint density at radius 3 is 1.85 bits per heavy atom. The van der Waals surface area contributed by atoms with Crippen molar-refractivity contribution in [2.75, 3.05) is 16.2 Å². The summed E-state index contributed by atoms with van der Waals surface area (Å²) in [6.07, 6.45) is 0. The standard InChI is InChI=1S/C24H19N5O8S2.2Na/c30-21-13-12-20(24(31)23(21)29-26-16-6-9-18(10-7-16)38(32,33)34)28-27-17-8-11-19(22(14-17)39(35,36)37)25-15-4-2-1-3-5-15;;/h1-14,25-27H,(H,32,33,34)(H,35,36,37);;/q;2*+1/p-2/b28-20-,29-23+;;. The van der Waals surface area contributed by atoms with Crippen molar-refractivity contribution in [2.24, 2.45) is 10.2 Å². The van der Waals surface area contributed by atoms with Crippen LogP contribution in [-0.2, 0) is 20.2 Å². The quantitative estimate of drug-likeness (QED) is 0.0971. The summed E-state index contributed by atoms with van der Waals surface area (Å²) in [5.74, 6) is 0. The molecule has 41 heavy (non-hydrogen) atoms. The molecule has 0 radical (unpaired) electrons. The van der Waals surface area contributed by atoms with Gasteiger partial charge in [-0.05, 0) is 66.7 Å².